The van der Waals surface area contributed by atoms with Gasteiger partial charge in [0.2, 0.25) is 0 Å². The van der Waals surface area contributed by atoms with E-state index in [1.807, 2.05) is 13.8 Å². The third-order valence-electron chi connectivity index (χ3n) is 4.83. The second-order valence-electron chi connectivity index (χ2n) is 6.40. The number of aromatic amines is 1. The third kappa shape index (κ3) is 4.22. The summed E-state index contributed by atoms with van der Waals surface area (Å²) in [5, 5.41) is 13.0. The molecule has 0 saturated heterocycles. The molecule has 0 radical (unpaired) electrons. The molecular weight excluding hydrogens is 280 g/mol. The number of carbonyl (C=O) groups is 1. The lowest BCUT2D eigenvalue weighted by Crippen LogP contribution is -2.42. The average molecular weight is 308 g/mol. The predicted octanol–water partition coefficient (Wildman–Crippen LogP) is 2.42. The minimum Gasteiger partial charge on any atom is -0.385 e. The smallest absolute Gasteiger partial charge is 0.315 e. The largest absolute Gasteiger partial charge is 0.385 e. The molecule has 0 aromatic carbocycles. The number of carbonyl (C=O) groups excluding carboxylic acids is 1. The lowest BCUT2D eigenvalue weighted by molar-refractivity contribution is 0.136. The Kier molecular flexibility index (Phi) is 5.83. The van der Waals surface area contributed by atoms with Crippen LogP contribution in [0, 0.1) is 19.3 Å². The summed E-state index contributed by atoms with van der Waals surface area (Å²) < 4.78 is 5.22. The van der Waals surface area contributed by atoms with E-state index in [2.05, 4.69) is 20.8 Å². The molecule has 1 heterocycles. The molecular formula is C16H28N4O2. The zero-order valence-electron chi connectivity index (χ0n) is 13.9. The molecule has 1 aliphatic carbocycles. The van der Waals surface area contributed by atoms with Crippen LogP contribution in [0.2, 0.25) is 0 Å². The lowest BCUT2D eigenvalue weighted by atomic mass is 9.83. The number of urea groups is 1. The van der Waals surface area contributed by atoms with E-state index in [1.165, 1.54) is 25.7 Å². The zero-order chi connectivity index (χ0) is 16.0. The van der Waals surface area contributed by atoms with Gasteiger partial charge in [0.25, 0.3) is 0 Å². The van der Waals surface area contributed by atoms with Crippen molar-refractivity contribution in [2.45, 2.75) is 52.5 Å². The van der Waals surface area contributed by atoms with E-state index >= 15 is 0 Å². The number of nitrogens with zero attached hydrogens (tertiary/aromatic N) is 1. The fourth-order valence-corrected chi connectivity index (χ4v) is 3.29. The first-order chi connectivity index (χ1) is 10.6. The minimum absolute atomic E-state index is 0.108. The quantitative estimate of drug-likeness (QED) is 0.724. The van der Waals surface area contributed by atoms with Crippen molar-refractivity contribution in [1.29, 1.82) is 0 Å². The number of aromatic nitrogens is 2. The number of rotatable bonds is 7. The van der Waals surface area contributed by atoms with Crippen molar-refractivity contribution in [1.82, 2.24) is 20.8 Å². The first kappa shape index (κ1) is 16.8. The van der Waals surface area contributed by atoms with Crippen molar-refractivity contribution in [3.63, 3.8) is 0 Å². The van der Waals surface area contributed by atoms with Crippen LogP contribution in [0.15, 0.2) is 0 Å². The fraction of sp³-hybridized carbons (Fsp3) is 0.750. The van der Waals surface area contributed by atoms with Gasteiger partial charge in [-0.05, 0) is 38.5 Å². The molecule has 6 nitrogen and oxygen atoms in total. The maximum Gasteiger partial charge on any atom is 0.315 e. The Bertz CT molecular complexity index is 473. The molecule has 0 spiro atoms. The Labute approximate surface area is 132 Å². The molecule has 1 aliphatic rings. The van der Waals surface area contributed by atoms with Crippen molar-refractivity contribution in [3.8, 4) is 0 Å². The first-order valence-corrected chi connectivity index (χ1v) is 8.07. The summed E-state index contributed by atoms with van der Waals surface area (Å²) in [5.74, 6) is 0. The van der Waals surface area contributed by atoms with Crippen molar-refractivity contribution in [2.75, 3.05) is 20.3 Å². The van der Waals surface area contributed by atoms with Gasteiger partial charge in [0.1, 0.15) is 0 Å². The number of hydrogen-bond donors (Lipinski definition) is 3. The monoisotopic (exact) mass is 308 g/mol. The van der Waals surface area contributed by atoms with Crippen LogP contribution in [-0.2, 0) is 11.3 Å². The van der Waals surface area contributed by atoms with E-state index in [0.717, 1.165) is 36.5 Å². The standard InChI is InChI=1S/C16H28N4O2/c1-12-14(13(2)20-19-12)10-17-15(21)18-11-16(8-9-22-3)6-4-5-7-16/h4-11H2,1-3H3,(H,19,20)(H2,17,18,21). The van der Waals surface area contributed by atoms with Gasteiger partial charge in [0, 0.05) is 38.1 Å². The highest BCUT2D eigenvalue weighted by molar-refractivity contribution is 5.73. The molecule has 1 aromatic heterocycles. The van der Waals surface area contributed by atoms with Gasteiger partial charge >= 0.3 is 6.03 Å². The van der Waals surface area contributed by atoms with Gasteiger partial charge in [0.05, 0.1) is 5.69 Å². The van der Waals surface area contributed by atoms with E-state index in [0.29, 0.717) is 6.54 Å². The summed E-state index contributed by atoms with van der Waals surface area (Å²) in [6, 6.07) is -0.108. The van der Waals surface area contributed by atoms with Crippen molar-refractivity contribution in [3.05, 3.63) is 17.0 Å². The van der Waals surface area contributed by atoms with E-state index < -0.39 is 0 Å². The minimum atomic E-state index is -0.108. The SMILES string of the molecule is COCCC1(CNC(=O)NCc2c(C)n[nH]c2C)CCCC1. The summed E-state index contributed by atoms with van der Waals surface area (Å²) in [7, 11) is 1.73. The molecule has 0 bridgehead atoms. The molecule has 6 heteroatoms. The van der Waals surface area contributed by atoms with Crippen LogP contribution < -0.4 is 10.6 Å². The topological polar surface area (TPSA) is 79.0 Å². The summed E-state index contributed by atoms with van der Waals surface area (Å²) in [6.07, 6.45) is 5.87. The maximum absolute atomic E-state index is 12.0. The second kappa shape index (κ2) is 7.63. The molecule has 22 heavy (non-hydrogen) atoms. The fourth-order valence-electron chi connectivity index (χ4n) is 3.29. The number of methoxy groups -OCH3 is 1. The van der Waals surface area contributed by atoms with Crippen LogP contribution in [-0.4, -0.2) is 36.5 Å². The van der Waals surface area contributed by atoms with E-state index in [4.69, 9.17) is 4.74 Å². The molecule has 0 unspecified atom stereocenters. The van der Waals surface area contributed by atoms with Gasteiger partial charge in [-0.2, -0.15) is 5.10 Å². The normalized spacial score (nSPS) is 16.7. The van der Waals surface area contributed by atoms with Crippen LogP contribution in [0.25, 0.3) is 0 Å². The number of nitrogens with one attached hydrogen (secondary N) is 3. The Morgan fingerprint density at radius 1 is 1.32 bits per heavy atom. The number of H-pyrrole nitrogens is 1. The Morgan fingerprint density at radius 3 is 2.64 bits per heavy atom. The Balaban J connectivity index is 1.79. The molecule has 1 fully saturated rings. The number of amides is 2. The average Bonchev–Trinajstić information content (AvgIpc) is 3.10. The predicted molar refractivity (Wildman–Crippen MR) is 85.7 cm³/mol. The molecule has 2 rings (SSSR count). The summed E-state index contributed by atoms with van der Waals surface area (Å²) in [5.41, 5.74) is 3.22. The van der Waals surface area contributed by atoms with Crippen molar-refractivity contribution < 1.29 is 9.53 Å². The maximum atomic E-state index is 12.0. The molecule has 0 aliphatic heterocycles. The second-order valence-corrected chi connectivity index (χ2v) is 6.40. The van der Waals surface area contributed by atoms with Gasteiger partial charge < -0.3 is 15.4 Å². The van der Waals surface area contributed by atoms with Crippen molar-refractivity contribution >= 4 is 6.03 Å². The van der Waals surface area contributed by atoms with Gasteiger partial charge in [-0.3, -0.25) is 5.10 Å². The van der Waals surface area contributed by atoms with Crippen LogP contribution in [0.5, 0.6) is 0 Å². The first-order valence-electron chi connectivity index (χ1n) is 8.07. The van der Waals surface area contributed by atoms with E-state index in [1.54, 1.807) is 7.11 Å². The lowest BCUT2D eigenvalue weighted by Gasteiger charge is -2.29. The van der Waals surface area contributed by atoms with Gasteiger partial charge in [-0.15, -0.1) is 0 Å². The van der Waals surface area contributed by atoms with Gasteiger partial charge in [-0.1, -0.05) is 12.8 Å². The zero-order valence-corrected chi connectivity index (χ0v) is 13.9. The van der Waals surface area contributed by atoms with E-state index in [-0.39, 0.29) is 11.4 Å². The number of aryl methyl sites for hydroxylation is 2. The molecule has 0 atom stereocenters. The molecule has 2 amide bonds. The molecule has 124 valence electrons. The van der Waals surface area contributed by atoms with Gasteiger partial charge in [-0.25, -0.2) is 4.79 Å². The van der Waals surface area contributed by atoms with Crippen LogP contribution in [0.3, 0.4) is 0 Å². The molecule has 1 aromatic rings. The molecule has 3 N–H and O–H groups in total. The number of ether oxygens (including phenoxy) is 1. The van der Waals surface area contributed by atoms with Crippen LogP contribution >= 0.6 is 0 Å². The summed E-state index contributed by atoms with van der Waals surface area (Å²) in [6.45, 7) is 5.90. The van der Waals surface area contributed by atoms with E-state index in [9.17, 15) is 4.79 Å². The van der Waals surface area contributed by atoms with Crippen LogP contribution in [0.1, 0.15) is 49.1 Å². The Morgan fingerprint density at radius 2 is 2.05 bits per heavy atom. The van der Waals surface area contributed by atoms with Crippen molar-refractivity contribution in [2.24, 2.45) is 5.41 Å². The highest BCUT2D eigenvalue weighted by Crippen LogP contribution is 2.40. The van der Waals surface area contributed by atoms with Gasteiger partial charge in [0.15, 0.2) is 0 Å². The summed E-state index contributed by atoms with van der Waals surface area (Å²) >= 11 is 0. The Hall–Kier alpha value is -1.56. The highest BCUT2D eigenvalue weighted by atomic mass is 16.5. The number of hydrogen-bond acceptors (Lipinski definition) is 3. The highest BCUT2D eigenvalue weighted by Gasteiger charge is 2.33. The third-order valence-corrected chi connectivity index (χ3v) is 4.83. The van der Waals surface area contributed by atoms with Crippen LogP contribution in [0.4, 0.5) is 4.79 Å². The molecule has 1 saturated carbocycles. The summed E-state index contributed by atoms with van der Waals surface area (Å²) in [4.78, 5) is 12.0.